The summed E-state index contributed by atoms with van der Waals surface area (Å²) in [6.45, 7) is 2.41. The van der Waals surface area contributed by atoms with Crippen molar-refractivity contribution in [1.82, 2.24) is 0 Å². The molecule has 0 heterocycles. The van der Waals surface area contributed by atoms with Gasteiger partial charge in [-0.05, 0) is 6.42 Å². The van der Waals surface area contributed by atoms with E-state index in [-0.39, 0.29) is 6.61 Å². The molecule has 0 bridgehead atoms. The highest BCUT2D eigenvalue weighted by molar-refractivity contribution is 7.91. The fraction of sp³-hybridized carbons (Fsp3) is 0.833. The Labute approximate surface area is 99.7 Å². The third-order valence-electron chi connectivity index (χ3n) is 2.38. The highest BCUT2D eigenvalue weighted by atomic mass is 32.2. The monoisotopic (exact) mass is 246 g/mol. The Morgan fingerprint density at radius 1 is 1.00 bits per heavy atom. The van der Waals surface area contributed by atoms with Crippen LogP contribution in [0.5, 0.6) is 0 Å². The molecule has 0 aromatic rings. The predicted octanol–water partition coefficient (Wildman–Crippen LogP) is 3.06. The lowest BCUT2D eigenvalue weighted by Crippen LogP contribution is -2.03. The SMILES string of the molecule is C#CS(=O)(=O)OCCCCCCCCCC. The quantitative estimate of drug-likeness (QED) is 0.338. The molecule has 0 atom stereocenters. The topological polar surface area (TPSA) is 43.4 Å². The van der Waals surface area contributed by atoms with E-state index in [0.29, 0.717) is 0 Å². The molecule has 0 aliphatic carbocycles. The van der Waals surface area contributed by atoms with Gasteiger partial charge in [0, 0.05) is 0 Å². The molecule has 0 aliphatic rings. The molecule has 3 nitrogen and oxygen atoms in total. The van der Waals surface area contributed by atoms with E-state index in [4.69, 9.17) is 6.42 Å². The van der Waals surface area contributed by atoms with Gasteiger partial charge in [0.25, 0.3) is 0 Å². The normalized spacial score (nSPS) is 11.2. The maximum absolute atomic E-state index is 10.7. The summed E-state index contributed by atoms with van der Waals surface area (Å²) in [7, 11) is -3.70. The molecule has 0 radical (unpaired) electrons. The third-order valence-corrected chi connectivity index (χ3v) is 3.15. The van der Waals surface area contributed by atoms with E-state index < -0.39 is 10.1 Å². The highest BCUT2D eigenvalue weighted by Gasteiger charge is 2.03. The second kappa shape index (κ2) is 9.68. The van der Waals surface area contributed by atoms with Crippen LogP contribution in [0.1, 0.15) is 58.3 Å². The largest absolute Gasteiger partial charge is 0.337 e. The van der Waals surface area contributed by atoms with Crippen LogP contribution in [0.25, 0.3) is 0 Å². The molecule has 0 spiro atoms. The summed E-state index contributed by atoms with van der Waals surface area (Å²) in [5.41, 5.74) is 0. The Hall–Kier alpha value is -0.530. The van der Waals surface area contributed by atoms with Gasteiger partial charge in [-0.25, -0.2) is 0 Å². The van der Waals surface area contributed by atoms with Crippen molar-refractivity contribution in [1.29, 1.82) is 0 Å². The first-order valence-electron chi connectivity index (χ1n) is 5.99. The van der Waals surface area contributed by atoms with Crippen molar-refractivity contribution >= 4 is 10.1 Å². The zero-order chi connectivity index (χ0) is 12.3. The lowest BCUT2D eigenvalue weighted by molar-refractivity contribution is 0.312. The minimum atomic E-state index is -3.70. The van der Waals surface area contributed by atoms with Gasteiger partial charge in [-0.2, -0.15) is 8.42 Å². The van der Waals surface area contributed by atoms with Crippen LogP contribution < -0.4 is 0 Å². The standard InChI is InChI=1S/C12H22O3S/c1-3-5-6-7-8-9-10-11-12-15-16(13,14)4-2/h2H,3,5-12H2,1H3. The molecule has 0 saturated carbocycles. The van der Waals surface area contributed by atoms with E-state index in [1.165, 1.54) is 32.1 Å². The van der Waals surface area contributed by atoms with Crippen molar-refractivity contribution in [2.24, 2.45) is 0 Å². The van der Waals surface area contributed by atoms with Crippen LogP contribution in [0, 0.1) is 11.7 Å². The lowest BCUT2D eigenvalue weighted by atomic mass is 10.1. The molecule has 0 saturated heterocycles. The van der Waals surface area contributed by atoms with Crippen LogP contribution in [0.4, 0.5) is 0 Å². The van der Waals surface area contributed by atoms with Crippen LogP contribution in [0.15, 0.2) is 0 Å². The van der Waals surface area contributed by atoms with Gasteiger partial charge in [0.15, 0.2) is 0 Å². The Morgan fingerprint density at radius 2 is 1.50 bits per heavy atom. The van der Waals surface area contributed by atoms with Crippen LogP contribution in [-0.4, -0.2) is 15.0 Å². The molecule has 0 aliphatic heterocycles. The molecule has 0 aromatic heterocycles. The second-order valence-electron chi connectivity index (χ2n) is 3.87. The first-order valence-corrected chi connectivity index (χ1v) is 7.40. The summed E-state index contributed by atoms with van der Waals surface area (Å²) >= 11 is 0. The van der Waals surface area contributed by atoms with Gasteiger partial charge >= 0.3 is 10.1 Å². The summed E-state index contributed by atoms with van der Waals surface area (Å²) in [5.74, 6) is 0. The van der Waals surface area contributed by atoms with E-state index in [1.807, 2.05) is 0 Å². The molecule has 0 N–H and O–H groups in total. The molecule has 0 unspecified atom stereocenters. The van der Waals surface area contributed by atoms with Gasteiger partial charge in [0.2, 0.25) is 0 Å². The highest BCUT2D eigenvalue weighted by Crippen LogP contribution is 2.08. The summed E-state index contributed by atoms with van der Waals surface area (Å²) < 4.78 is 26.1. The predicted molar refractivity (Wildman–Crippen MR) is 66.3 cm³/mol. The molecule has 0 amide bonds. The lowest BCUT2D eigenvalue weighted by Gasteiger charge is -2.01. The van der Waals surface area contributed by atoms with E-state index >= 15 is 0 Å². The van der Waals surface area contributed by atoms with Gasteiger partial charge in [-0.3, -0.25) is 4.18 Å². The van der Waals surface area contributed by atoms with Gasteiger partial charge in [-0.1, -0.05) is 51.9 Å². The Bertz CT molecular complexity index is 288. The average Bonchev–Trinajstić information content (AvgIpc) is 2.27. The van der Waals surface area contributed by atoms with Crippen molar-refractivity contribution < 1.29 is 12.6 Å². The zero-order valence-electron chi connectivity index (χ0n) is 10.1. The van der Waals surface area contributed by atoms with Gasteiger partial charge in [-0.15, -0.1) is 6.42 Å². The number of terminal acetylenes is 1. The van der Waals surface area contributed by atoms with E-state index in [9.17, 15) is 8.42 Å². The van der Waals surface area contributed by atoms with Crippen molar-refractivity contribution in [3.05, 3.63) is 0 Å². The van der Waals surface area contributed by atoms with E-state index in [1.54, 1.807) is 5.25 Å². The van der Waals surface area contributed by atoms with Crippen LogP contribution in [-0.2, 0) is 14.3 Å². The fourth-order valence-electron chi connectivity index (χ4n) is 1.44. The van der Waals surface area contributed by atoms with Crippen LogP contribution in [0.2, 0.25) is 0 Å². The minimum absolute atomic E-state index is 0.210. The summed E-state index contributed by atoms with van der Waals surface area (Å²) in [4.78, 5) is 0. The number of unbranched alkanes of at least 4 members (excludes halogenated alkanes) is 7. The first-order chi connectivity index (χ1) is 7.62. The Balaban J connectivity index is 3.20. The van der Waals surface area contributed by atoms with E-state index in [2.05, 4.69) is 11.1 Å². The summed E-state index contributed by atoms with van der Waals surface area (Å²) in [6.07, 6.45) is 14.0. The molecule has 4 heteroatoms. The summed E-state index contributed by atoms with van der Waals surface area (Å²) in [5, 5.41) is 1.62. The number of hydrogen-bond acceptors (Lipinski definition) is 3. The second-order valence-corrected chi connectivity index (χ2v) is 5.25. The third kappa shape index (κ3) is 10.0. The van der Waals surface area contributed by atoms with Crippen LogP contribution >= 0.6 is 0 Å². The maximum atomic E-state index is 10.7. The minimum Gasteiger partial charge on any atom is -0.260 e. The molecule has 16 heavy (non-hydrogen) atoms. The number of hydrogen-bond donors (Lipinski definition) is 0. The molecule has 0 aromatic carbocycles. The molecule has 0 fully saturated rings. The molecular weight excluding hydrogens is 224 g/mol. The van der Waals surface area contributed by atoms with Crippen molar-refractivity contribution in [2.45, 2.75) is 58.3 Å². The number of rotatable bonds is 10. The van der Waals surface area contributed by atoms with Crippen molar-refractivity contribution in [2.75, 3.05) is 6.61 Å². The Kier molecular flexibility index (Phi) is 9.36. The fourth-order valence-corrected chi connectivity index (χ4v) is 1.84. The van der Waals surface area contributed by atoms with Crippen molar-refractivity contribution in [3.63, 3.8) is 0 Å². The average molecular weight is 246 g/mol. The van der Waals surface area contributed by atoms with Crippen LogP contribution in [0.3, 0.4) is 0 Å². The zero-order valence-corrected chi connectivity index (χ0v) is 10.9. The smallest absolute Gasteiger partial charge is 0.260 e. The maximum Gasteiger partial charge on any atom is 0.337 e. The molecule has 94 valence electrons. The van der Waals surface area contributed by atoms with E-state index in [0.717, 1.165) is 19.3 Å². The first kappa shape index (κ1) is 15.5. The molecular formula is C12H22O3S. The van der Waals surface area contributed by atoms with Crippen molar-refractivity contribution in [3.8, 4) is 11.7 Å². The summed E-state index contributed by atoms with van der Waals surface area (Å²) in [6, 6.07) is 0. The van der Waals surface area contributed by atoms with Gasteiger partial charge in [0.05, 0.1) is 11.9 Å². The molecule has 0 rings (SSSR count). The van der Waals surface area contributed by atoms with Gasteiger partial charge < -0.3 is 0 Å². The van der Waals surface area contributed by atoms with Gasteiger partial charge in [0.1, 0.15) is 0 Å². The Morgan fingerprint density at radius 3 is 2.00 bits per heavy atom.